The van der Waals surface area contributed by atoms with Crippen molar-refractivity contribution >= 4 is 32.3 Å². The largest absolute Gasteiger partial charge is 0.295 e. The molecular formula is C18H23ClN2O2S. The summed E-state index contributed by atoms with van der Waals surface area (Å²) in [5.74, 6) is 0.579. The van der Waals surface area contributed by atoms with Crippen LogP contribution in [0.4, 0.5) is 0 Å². The van der Waals surface area contributed by atoms with Crippen molar-refractivity contribution in [2.45, 2.75) is 38.8 Å². The molecule has 1 unspecified atom stereocenters. The highest BCUT2D eigenvalue weighted by Crippen LogP contribution is 2.27. The Morgan fingerprint density at radius 1 is 1.33 bits per heavy atom. The Bertz CT molecular complexity index is 823. The van der Waals surface area contributed by atoms with Gasteiger partial charge in [0.2, 0.25) is 0 Å². The van der Waals surface area contributed by atoms with Gasteiger partial charge < -0.3 is 0 Å². The van der Waals surface area contributed by atoms with Crippen LogP contribution in [-0.4, -0.2) is 42.4 Å². The van der Waals surface area contributed by atoms with Crippen molar-refractivity contribution in [1.29, 1.82) is 0 Å². The highest BCUT2D eigenvalue weighted by molar-refractivity contribution is 7.91. The maximum Gasteiger partial charge on any atom is 0.151 e. The number of aromatic nitrogens is 1. The highest BCUT2D eigenvalue weighted by Gasteiger charge is 2.32. The molecule has 6 heteroatoms. The van der Waals surface area contributed by atoms with Crippen LogP contribution < -0.4 is 0 Å². The lowest BCUT2D eigenvalue weighted by atomic mass is 10.1. The van der Waals surface area contributed by atoms with E-state index < -0.39 is 9.84 Å². The topological polar surface area (TPSA) is 50.3 Å². The van der Waals surface area contributed by atoms with Crippen molar-refractivity contribution < 1.29 is 8.42 Å². The van der Waals surface area contributed by atoms with E-state index in [1.54, 1.807) is 6.20 Å². The van der Waals surface area contributed by atoms with Gasteiger partial charge in [-0.2, -0.15) is 0 Å². The van der Waals surface area contributed by atoms with E-state index >= 15 is 0 Å². The quantitative estimate of drug-likeness (QED) is 0.782. The molecule has 1 saturated heterocycles. The minimum Gasteiger partial charge on any atom is -0.295 e. The van der Waals surface area contributed by atoms with Crippen LogP contribution >= 0.6 is 11.6 Å². The lowest BCUT2D eigenvalue weighted by molar-refractivity contribution is 0.201. The first-order valence-corrected chi connectivity index (χ1v) is 10.7. The minimum absolute atomic E-state index is 0.107. The molecule has 0 N–H and O–H groups in total. The molecule has 0 radical (unpaired) electrons. The van der Waals surface area contributed by atoms with E-state index in [0.717, 1.165) is 42.3 Å². The Hall–Kier alpha value is -1.17. The zero-order valence-electron chi connectivity index (χ0n) is 13.9. The van der Waals surface area contributed by atoms with Gasteiger partial charge in [0, 0.05) is 29.2 Å². The molecular weight excluding hydrogens is 344 g/mol. The monoisotopic (exact) mass is 366 g/mol. The van der Waals surface area contributed by atoms with Gasteiger partial charge in [-0.25, -0.2) is 8.42 Å². The number of pyridine rings is 1. The molecule has 0 bridgehead atoms. The molecule has 2 heterocycles. The molecule has 2 aromatic rings. The van der Waals surface area contributed by atoms with E-state index in [-0.39, 0.29) is 11.8 Å². The van der Waals surface area contributed by atoms with Gasteiger partial charge in [0.15, 0.2) is 9.84 Å². The Balaban J connectivity index is 1.89. The summed E-state index contributed by atoms with van der Waals surface area (Å²) in [6.45, 7) is 3.78. The summed E-state index contributed by atoms with van der Waals surface area (Å²) in [6.07, 6.45) is 4.66. The van der Waals surface area contributed by atoms with E-state index in [9.17, 15) is 8.42 Å². The van der Waals surface area contributed by atoms with Crippen LogP contribution in [-0.2, 0) is 16.4 Å². The molecule has 1 aromatic carbocycles. The average molecular weight is 367 g/mol. The second-order valence-corrected chi connectivity index (χ2v) is 9.12. The fourth-order valence-electron chi connectivity index (χ4n) is 3.36. The summed E-state index contributed by atoms with van der Waals surface area (Å²) < 4.78 is 23.7. The van der Waals surface area contributed by atoms with Crippen LogP contribution in [0.15, 0.2) is 30.5 Å². The Morgan fingerprint density at radius 3 is 2.88 bits per heavy atom. The van der Waals surface area contributed by atoms with Crippen molar-refractivity contribution in [3.8, 4) is 0 Å². The number of rotatable bonds is 6. The van der Waals surface area contributed by atoms with Gasteiger partial charge in [-0.05, 0) is 43.1 Å². The third-order valence-electron chi connectivity index (χ3n) is 4.70. The van der Waals surface area contributed by atoms with Crippen LogP contribution in [0.2, 0.25) is 5.02 Å². The second-order valence-electron chi connectivity index (χ2n) is 6.49. The van der Waals surface area contributed by atoms with Crippen molar-refractivity contribution in [1.82, 2.24) is 9.88 Å². The van der Waals surface area contributed by atoms with E-state index in [2.05, 4.69) is 16.8 Å². The summed E-state index contributed by atoms with van der Waals surface area (Å²) in [5.41, 5.74) is 2.02. The molecule has 1 atom stereocenters. The van der Waals surface area contributed by atoms with Crippen molar-refractivity contribution in [3.05, 3.63) is 41.0 Å². The average Bonchev–Trinajstić information content (AvgIpc) is 2.93. The van der Waals surface area contributed by atoms with E-state index in [1.807, 2.05) is 24.3 Å². The molecule has 4 nitrogen and oxygen atoms in total. The number of sulfone groups is 1. The predicted molar refractivity (Wildman–Crippen MR) is 99.1 cm³/mol. The molecule has 0 aliphatic carbocycles. The van der Waals surface area contributed by atoms with E-state index in [1.165, 1.54) is 0 Å². The number of nitrogens with zero attached hydrogens (tertiary/aromatic N) is 2. The first kappa shape index (κ1) is 17.6. The molecule has 1 fully saturated rings. The molecule has 1 aliphatic rings. The Morgan fingerprint density at radius 2 is 2.17 bits per heavy atom. The van der Waals surface area contributed by atoms with Crippen LogP contribution in [0.3, 0.4) is 0 Å². The van der Waals surface area contributed by atoms with Crippen LogP contribution in [0, 0.1) is 0 Å². The predicted octanol–water partition coefficient (Wildman–Crippen LogP) is 3.68. The Kier molecular flexibility index (Phi) is 5.42. The van der Waals surface area contributed by atoms with Crippen LogP contribution in [0.25, 0.3) is 10.9 Å². The number of hydrogen-bond acceptors (Lipinski definition) is 4. The Labute approximate surface area is 148 Å². The lowest BCUT2D eigenvalue weighted by Crippen LogP contribution is -2.36. The number of fused-ring (bicyclic) bond motifs is 1. The lowest BCUT2D eigenvalue weighted by Gasteiger charge is -2.28. The molecule has 130 valence electrons. The van der Waals surface area contributed by atoms with Gasteiger partial charge in [0.05, 0.1) is 17.0 Å². The third kappa shape index (κ3) is 3.90. The minimum atomic E-state index is -2.89. The zero-order valence-corrected chi connectivity index (χ0v) is 15.5. The van der Waals surface area contributed by atoms with Gasteiger partial charge in [-0.15, -0.1) is 0 Å². The van der Waals surface area contributed by atoms with E-state index in [0.29, 0.717) is 17.3 Å². The maximum absolute atomic E-state index is 11.9. The summed E-state index contributed by atoms with van der Waals surface area (Å²) in [4.78, 5) is 6.81. The number of halogens is 1. The summed E-state index contributed by atoms with van der Waals surface area (Å²) in [6, 6.07) is 7.89. The summed E-state index contributed by atoms with van der Waals surface area (Å²) in [7, 11) is -2.89. The van der Waals surface area contributed by atoms with Gasteiger partial charge in [0.25, 0.3) is 0 Å². The molecule has 3 rings (SSSR count). The fourth-order valence-corrected chi connectivity index (χ4v) is 5.34. The third-order valence-corrected chi connectivity index (χ3v) is 6.78. The van der Waals surface area contributed by atoms with Crippen molar-refractivity contribution in [2.24, 2.45) is 0 Å². The summed E-state index contributed by atoms with van der Waals surface area (Å²) in [5, 5.41) is 1.65. The number of hydrogen-bond donors (Lipinski definition) is 0. The van der Waals surface area contributed by atoms with Gasteiger partial charge in [-0.3, -0.25) is 9.88 Å². The standard InChI is InChI=1S/C18H23ClN2O2S/c1-2-3-10-21(15-8-11-24(22,23)13-15)12-14-6-7-17(19)16-5-4-9-20-18(14)16/h4-7,9,15H,2-3,8,10-13H2,1H3. The van der Waals surface area contributed by atoms with Crippen molar-refractivity contribution in [2.75, 3.05) is 18.1 Å². The second kappa shape index (κ2) is 7.38. The van der Waals surface area contributed by atoms with Crippen LogP contribution in [0.5, 0.6) is 0 Å². The summed E-state index contributed by atoms with van der Waals surface area (Å²) >= 11 is 6.28. The SMILES string of the molecule is CCCCN(Cc1ccc(Cl)c2cccnc12)C1CCS(=O)(=O)C1. The normalized spacial score (nSPS) is 20.0. The number of benzene rings is 1. The van der Waals surface area contributed by atoms with Gasteiger partial charge in [-0.1, -0.05) is 31.0 Å². The fraction of sp³-hybridized carbons (Fsp3) is 0.500. The molecule has 0 amide bonds. The molecule has 24 heavy (non-hydrogen) atoms. The first-order chi connectivity index (χ1) is 11.5. The number of unbranched alkanes of at least 4 members (excludes halogenated alkanes) is 1. The van der Waals surface area contributed by atoms with E-state index in [4.69, 9.17) is 11.6 Å². The molecule has 0 spiro atoms. The first-order valence-electron chi connectivity index (χ1n) is 8.47. The highest BCUT2D eigenvalue weighted by atomic mass is 35.5. The van der Waals surface area contributed by atoms with Gasteiger partial charge >= 0.3 is 0 Å². The molecule has 0 saturated carbocycles. The maximum atomic E-state index is 11.9. The van der Waals surface area contributed by atoms with Gasteiger partial charge in [0.1, 0.15) is 0 Å². The zero-order chi connectivity index (χ0) is 17.2. The smallest absolute Gasteiger partial charge is 0.151 e. The molecule has 1 aliphatic heterocycles. The molecule has 1 aromatic heterocycles. The van der Waals surface area contributed by atoms with Crippen LogP contribution in [0.1, 0.15) is 31.7 Å². The van der Waals surface area contributed by atoms with Crippen molar-refractivity contribution in [3.63, 3.8) is 0 Å².